The quantitative estimate of drug-likeness (QED) is 0.759. The summed E-state index contributed by atoms with van der Waals surface area (Å²) in [6, 6.07) is 9.53. The minimum atomic E-state index is -0.840. The largest absolute Gasteiger partial charge is 0.385 e. The van der Waals surface area contributed by atoms with Gasteiger partial charge in [-0.15, -0.1) is 0 Å². The summed E-state index contributed by atoms with van der Waals surface area (Å²) in [6.07, 6.45) is -0.0194. The van der Waals surface area contributed by atoms with Crippen molar-refractivity contribution in [2.75, 3.05) is 0 Å². The number of ketones is 1. The molecule has 70 valence electrons. The lowest BCUT2D eigenvalue weighted by Gasteiger charge is -2.07. The van der Waals surface area contributed by atoms with E-state index in [0.29, 0.717) is 12.8 Å². The summed E-state index contributed by atoms with van der Waals surface area (Å²) in [4.78, 5) is 11.1. The molecule has 13 heavy (non-hydrogen) atoms. The molecular formula is C11H14O2. The Hall–Kier alpha value is -1.15. The van der Waals surface area contributed by atoms with Crippen LogP contribution in [0.3, 0.4) is 0 Å². The molecule has 1 N–H and O–H groups in total. The van der Waals surface area contributed by atoms with Crippen molar-refractivity contribution in [1.82, 2.24) is 0 Å². The molecule has 0 fully saturated rings. The molecule has 1 unspecified atom stereocenters. The number of rotatable bonds is 4. The standard InChI is InChI=1S/C11H14O2/c1-2-10(12)11(13)8-9-6-4-3-5-7-9/h3-7,11,13H,2,8H2,1H3. The van der Waals surface area contributed by atoms with Crippen molar-refractivity contribution in [1.29, 1.82) is 0 Å². The van der Waals surface area contributed by atoms with Crippen molar-refractivity contribution in [2.24, 2.45) is 0 Å². The Morgan fingerprint density at radius 1 is 1.38 bits per heavy atom. The smallest absolute Gasteiger partial charge is 0.161 e. The van der Waals surface area contributed by atoms with E-state index in [-0.39, 0.29) is 5.78 Å². The van der Waals surface area contributed by atoms with Gasteiger partial charge in [-0.05, 0) is 5.56 Å². The van der Waals surface area contributed by atoms with Crippen molar-refractivity contribution in [3.05, 3.63) is 35.9 Å². The van der Waals surface area contributed by atoms with Gasteiger partial charge in [0, 0.05) is 12.8 Å². The average molecular weight is 178 g/mol. The van der Waals surface area contributed by atoms with Crippen LogP contribution in [0.4, 0.5) is 0 Å². The zero-order valence-electron chi connectivity index (χ0n) is 7.73. The number of hydrogen-bond acceptors (Lipinski definition) is 2. The molecular weight excluding hydrogens is 164 g/mol. The lowest BCUT2D eigenvalue weighted by Crippen LogP contribution is -2.21. The first-order valence-electron chi connectivity index (χ1n) is 4.48. The van der Waals surface area contributed by atoms with Crippen molar-refractivity contribution in [2.45, 2.75) is 25.9 Å². The summed E-state index contributed by atoms with van der Waals surface area (Å²) in [5, 5.41) is 9.42. The van der Waals surface area contributed by atoms with Gasteiger partial charge in [0.1, 0.15) is 6.10 Å². The number of carbonyl (C=O) groups is 1. The van der Waals surface area contributed by atoms with E-state index in [2.05, 4.69) is 0 Å². The molecule has 0 heterocycles. The molecule has 0 amide bonds. The van der Waals surface area contributed by atoms with Crippen LogP contribution in [0.15, 0.2) is 30.3 Å². The Kier molecular flexibility index (Phi) is 3.65. The molecule has 0 aliphatic carbocycles. The number of Topliss-reactive ketones (excluding diaryl/α,β-unsaturated/α-hetero) is 1. The lowest BCUT2D eigenvalue weighted by molar-refractivity contribution is -0.126. The van der Waals surface area contributed by atoms with E-state index >= 15 is 0 Å². The molecule has 1 atom stereocenters. The first-order valence-corrected chi connectivity index (χ1v) is 4.48. The maximum absolute atomic E-state index is 11.1. The highest BCUT2D eigenvalue weighted by atomic mass is 16.3. The van der Waals surface area contributed by atoms with E-state index in [1.54, 1.807) is 6.92 Å². The summed E-state index contributed by atoms with van der Waals surface area (Å²) in [7, 11) is 0. The van der Waals surface area contributed by atoms with Gasteiger partial charge in [0.15, 0.2) is 5.78 Å². The van der Waals surface area contributed by atoms with Crippen molar-refractivity contribution >= 4 is 5.78 Å². The molecule has 0 saturated heterocycles. The molecule has 0 aliphatic rings. The molecule has 0 bridgehead atoms. The number of hydrogen-bond donors (Lipinski definition) is 1. The van der Waals surface area contributed by atoms with E-state index in [9.17, 15) is 9.90 Å². The topological polar surface area (TPSA) is 37.3 Å². The highest BCUT2D eigenvalue weighted by Gasteiger charge is 2.12. The van der Waals surface area contributed by atoms with E-state index in [0.717, 1.165) is 5.56 Å². The van der Waals surface area contributed by atoms with E-state index < -0.39 is 6.10 Å². The molecule has 0 aromatic heterocycles. The fourth-order valence-corrected chi connectivity index (χ4v) is 1.19. The Bertz CT molecular complexity index is 267. The SMILES string of the molecule is CCC(=O)C(O)Cc1ccccc1. The Morgan fingerprint density at radius 2 is 2.00 bits per heavy atom. The molecule has 1 aromatic carbocycles. The van der Waals surface area contributed by atoms with Gasteiger partial charge < -0.3 is 5.11 Å². The Morgan fingerprint density at radius 3 is 2.54 bits per heavy atom. The minimum absolute atomic E-state index is 0.0937. The third kappa shape index (κ3) is 2.99. The molecule has 0 radical (unpaired) electrons. The molecule has 0 spiro atoms. The summed E-state index contributed by atoms with van der Waals surface area (Å²) < 4.78 is 0. The van der Waals surface area contributed by atoms with Gasteiger partial charge in [0.05, 0.1) is 0 Å². The van der Waals surface area contributed by atoms with E-state index in [1.165, 1.54) is 0 Å². The Balaban J connectivity index is 2.55. The van der Waals surface area contributed by atoms with Gasteiger partial charge in [-0.25, -0.2) is 0 Å². The fourth-order valence-electron chi connectivity index (χ4n) is 1.19. The van der Waals surface area contributed by atoms with Crippen LogP contribution in [0.1, 0.15) is 18.9 Å². The van der Waals surface area contributed by atoms with Crippen molar-refractivity contribution in [3.63, 3.8) is 0 Å². The first kappa shape index (κ1) is 9.93. The molecule has 0 aliphatic heterocycles. The summed E-state index contributed by atoms with van der Waals surface area (Å²) >= 11 is 0. The van der Waals surface area contributed by atoms with Gasteiger partial charge in [0.2, 0.25) is 0 Å². The van der Waals surface area contributed by atoms with Gasteiger partial charge in [-0.2, -0.15) is 0 Å². The predicted molar refractivity (Wildman–Crippen MR) is 51.5 cm³/mol. The minimum Gasteiger partial charge on any atom is -0.385 e. The zero-order chi connectivity index (χ0) is 9.68. The fraction of sp³-hybridized carbons (Fsp3) is 0.364. The maximum atomic E-state index is 11.1. The number of aliphatic hydroxyl groups is 1. The summed E-state index contributed by atoms with van der Waals surface area (Å²) in [6.45, 7) is 1.76. The van der Waals surface area contributed by atoms with Crippen LogP contribution in [-0.4, -0.2) is 17.0 Å². The van der Waals surface area contributed by atoms with Crippen molar-refractivity contribution in [3.8, 4) is 0 Å². The van der Waals surface area contributed by atoms with Gasteiger partial charge in [-0.1, -0.05) is 37.3 Å². The van der Waals surface area contributed by atoms with Crippen LogP contribution in [0.25, 0.3) is 0 Å². The van der Waals surface area contributed by atoms with Gasteiger partial charge in [-0.3, -0.25) is 4.79 Å². The molecule has 1 aromatic rings. The number of carbonyl (C=O) groups excluding carboxylic acids is 1. The van der Waals surface area contributed by atoms with Crippen LogP contribution in [0.2, 0.25) is 0 Å². The van der Waals surface area contributed by atoms with Crippen molar-refractivity contribution < 1.29 is 9.90 Å². The Labute approximate surface area is 78.2 Å². The highest BCUT2D eigenvalue weighted by molar-refractivity contribution is 5.82. The summed E-state index contributed by atoms with van der Waals surface area (Å²) in [5.41, 5.74) is 0.997. The van der Waals surface area contributed by atoms with Crippen LogP contribution in [0, 0.1) is 0 Å². The lowest BCUT2D eigenvalue weighted by atomic mass is 10.0. The normalized spacial score (nSPS) is 12.5. The third-order valence-corrected chi connectivity index (χ3v) is 1.99. The van der Waals surface area contributed by atoms with Gasteiger partial charge in [0.25, 0.3) is 0 Å². The van der Waals surface area contributed by atoms with Crippen LogP contribution >= 0.6 is 0 Å². The van der Waals surface area contributed by atoms with Gasteiger partial charge >= 0.3 is 0 Å². The monoisotopic (exact) mass is 178 g/mol. The highest BCUT2D eigenvalue weighted by Crippen LogP contribution is 2.04. The second kappa shape index (κ2) is 4.77. The molecule has 2 nitrogen and oxygen atoms in total. The molecule has 1 rings (SSSR count). The second-order valence-corrected chi connectivity index (χ2v) is 3.03. The predicted octanol–water partition coefficient (Wildman–Crippen LogP) is 1.57. The van der Waals surface area contributed by atoms with E-state index in [4.69, 9.17) is 0 Å². The van der Waals surface area contributed by atoms with Crippen LogP contribution in [-0.2, 0) is 11.2 Å². The second-order valence-electron chi connectivity index (χ2n) is 3.03. The number of benzene rings is 1. The first-order chi connectivity index (χ1) is 6.24. The summed E-state index contributed by atoms with van der Waals surface area (Å²) in [5.74, 6) is -0.0937. The van der Waals surface area contributed by atoms with Crippen LogP contribution in [0.5, 0.6) is 0 Å². The zero-order valence-corrected chi connectivity index (χ0v) is 7.73. The average Bonchev–Trinajstić information content (AvgIpc) is 2.18. The molecule has 0 saturated carbocycles. The van der Waals surface area contributed by atoms with E-state index in [1.807, 2.05) is 30.3 Å². The maximum Gasteiger partial charge on any atom is 0.161 e. The number of aliphatic hydroxyl groups excluding tert-OH is 1. The molecule has 2 heteroatoms. The third-order valence-electron chi connectivity index (χ3n) is 1.99. The van der Waals surface area contributed by atoms with Crippen LogP contribution < -0.4 is 0 Å².